The molecule has 0 spiro atoms. The second-order valence-corrected chi connectivity index (χ2v) is 6.79. The summed E-state index contributed by atoms with van der Waals surface area (Å²) < 4.78 is 0. The standard InChI is InChI=1S/C15H19NO2/c17-14(18)12-1-2-13(16-12)15-6-9-3-10(7-15)5-11(4-9)8-15/h1-2,9-11,16H,3-8H2,(H,17,18). The van der Waals surface area contributed by atoms with Crippen LogP contribution in [0.2, 0.25) is 0 Å². The third-order valence-electron chi connectivity index (χ3n) is 5.53. The van der Waals surface area contributed by atoms with Crippen molar-refractivity contribution in [1.29, 1.82) is 0 Å². The maximum atomic E-state index is 11.0. The van der Waals surface area contributed by atoms with Gasteiger partial charge in [0.2, 0.25) is 0 Å². The molecule has 4 aliphatic rings. The second-order valence-electron chi connectivity index (χ2n) is 6.79. The summed E-state index contributed by atoms with van der Waals surface area (Å²) in [6.07, 6.45) is 8.10. The second kappa shape index (κ2) is 3.40. The average molecular weight is 245 g/mol. The average Bonchev–Trinajstić information content (AvgIpc) is 2.76. The Bertz CT molecular complexity index is 467. The number of aromatic carboxylic acids is 1. The Kier molecular flexibility index (Phi) is 2.01. The van der Waals surface area contributed by atoms with Crippen LogP contribution in [0.4, 0.5) is 0 Å². The normalized spacial score (nSPS) is 41.2. The Labute approximate surface area is 107 Å². The van der Waals surface area contributed by atoms with Crippen LogP contribution in [0.25, 0.3) is 0 Å². The molecule has 1 heterocycles. The third-order valence-corrected chi connectivity index (χ3v) is 5.53. The van der Waals surface area contributed by atoms with Crippen molar-refractivity contribution in [3.8, 4) is 0 Å². The van der Waals surface area contributed by atoms with E-state index >= 15 is 0 Å². The highest BCUT2D eigenvalue weighted by Gasteiger charge is 2.52. The summed E-state index contributed by atoms with van der Waals surface area (Å²) in [6.45, 7) is 0. The first-order chi connectivity index (χ1) is 8.64. The molecular weight excluding hydrogens is 226 g/mol. The summed E-state index contributed by atoms with van der Waals surface area (Å²) in [4.78, 5) is 14.2. The largest absolute Gasteiger partial charge is 0.477 e. The first kappa shape index (κ1) is 10.7. The molecule has 1 aromatic rings. The van der Waals surface area contributed by atoms with Gasteiger partial charge in [-0.25, -0.2) is 4.79 Å². The van der Waals surface area contributed by atoms with Crippen LogP contribution in [-0.4, -0.2) is 16.1 Å². The summed E-state index contributed by atoms with van der Waals surface area (Å²) in [7, 11) is 0. The maximum Gasteiger partial charge on any atom is 0.352 e. The van der Waals surface area contributed by atoms with Crippen LogP contribution < -0.4 is 0 Å². The molecule has 0 aromatic carbocycles. The molecule has 0 amide bonds. The number of carboxylic acid groups (broad SMARTS) is 1. The number of H-pyrrole nitrogens is 1. The van der Waals surface area contributed by atoms with E-state index in [0.29, 0.717) is 5.69 Å². The van der Waals surface area contributed by atoms with Gasteiger partial charge in [0.1, 0.15) is 5.69 Å². The molecular formula is C15H19NO2. The number of hydrogen-bond acceptors (Lipinski definition) is 1. The van der Waals surface area contributed by atoms with E-state index in [1.165, 1.54) is 44.2 Å². The smallest absolute Gasteiger partial charge is 0.352 e. The highest BCUT2D eigenvalue weighted by atomic mass is 16.4. The highest BCUT2D eigenvalue weighted by molar-refractivity contribution is 5.85. The fourth-order valence-electron chi connectivity index (χ4n) is 5.27. The van der Waals surface area contributed by atoms with Crippen molar-refractivity contribution >= 4 is 5.97 Å². The van der Waals surface area contributed by atoms with Gasteiger partial charge < -0.3 is 10.1 Å². The highest BCUT2D eigenvalue weighted by Crippen LogP contribution is 2.60. The monoisotopic (exact) mass is 245 g/mol. The lowest BCUT2D eigenvalue weighted by Crippen LogP contribution is -2.48. The predicted octanol–water partition coefficient (Wildman–Crippen LogP) is 3.18. The summed E-state index contributed by atoms with van der Waals surface area (Å²) in [5.41, 5.74) is 1.82. The van der Waals surface area contributed by atoms with Crippen molar-refractivity contribution in [2.75, 3.05) is 0 Å². The Morgan fingerprint density at radius 3 is 2.11 bits per heavy atom. The van der Waals surface area contributed by atoms with Crippen molar-refractivity contribution in [2.24, 2.45) is 17.8 Å². The van der Waals surface area contributed by atoms with Gasteiger partial charge in [-0.3, -0.25) is 0 Å². The molecule has 3 nitrogen and oxygen atoms in total. The fraction of sp³-hybridized carbons (Fsp3) is 0.667. The van der Waals surface area contributed by atoms with E-state index in [4.69, 9.17) is 5.11 Å². The lowest BCUT2D eigenvalue weighted by molar-refractivity contribution is -0.00701. The molecule has 4 aliphatic carbocycles. The number of hydrogen-bond donors (Lipinski definition) is 2. The SMILES string of the molecule is O=C(O)c1ccc(C23CC4CC(CC(C4)C2)C3)[nH]1. The predicted molar refractivity (Wildman–Crippen MR) is 67.6 cm³/mol. The van der Waals surface area contributed by atoms with E-state index in [1.807, 2.05) is 6.07 Å². The van der Waals surface area contributed by atoms with Gasteiger partial charge in [-0.2, -0.15) is 0 Å². The number of aromatic nitrogens is 1. The van der Waals surface area contributed by atoms with Crippen LogP contribution in [0.1, 0.15) is 54.7 Å². The van der Waals surface area contributed by atoms with Crippen molar-refractivity contribution in [3.05, 3.63) is 23.5 Å². The third kappa shape index (κ3) is 1.39. The van der Waals surface area contributed by atoms with E-state index in [-0.39, 0.29) is 5.41 Å². The summed E-state index contributed by atoms with van der Waals surface area (Å²) >= 11 is 0. The Balaban J connectivity index is 1.72. The minimum Gasteiger partial charge on any atom is -0.477 e. The van der Waals surface area contributed by atoms with Gasteiger partial charge >= 0.3 is 5.97 Å². The molecule has 4 bridgehead atoms. The van der Waals surface area contributed by atoms with Gasteiger partial charge in [-0.1, -0.05) is 0 Å². The number of carboxylic acids is 1. The maximum absolute atomic E-state index is 11.0. The van der Waals surface area contributed by atoms with Crippen molar-refractivity contribution < 1.29 is 9.90 Å². The lowest BCUT2D eigenvalue weighted by atomic mass is 9.49. The molecule has 0 saturated heterocycles. The topological polar surface area (TPSA) is 53.1 Å². The molecule has 5 rings (SSSR count). The van der Waals surface area contributed by atoms with Crippen molar-refractivity contribution in [3.63, 3.8) is 0 Å². The number of carbonyl (C=O) groups is 1. The summed E-state index contributed by atoms with van der Waals surface area (Å²) in [5.74, 6) is 1.85. The Morgan fingerprint density at radius 2 is 1.67 bits per heavy atom. The van der Waals surface area contributed by atoms with Gasteiger partial charge in [-0.05, 0) is 68.4 Å². The van der Waals surface area contributed by atoms with Crippen LogP contribution in [0, 0.1) is 17.8 Å². The van der Waals surface area contributed by atoms with Crippen molar-refractivity contribution in [2.45, 2.75) is 43.9 Å². The molecule has 0 aliphatic heterocycles. The molecule has 3 heteroatoms. The zero-order chi connectivity index (χ0) is 12.3. The molecule has 0 atom stereocenters. The molecule has 0 unspecified atom stereocenters. The lowest BCUT2D eigenvalue weighted by Gasteiger charge is -2.56. The molecule has 18 heavy (non-hydrogen) atoms. The molecule has 96 valence electrons. The summed E-state index contributed by atoms with van der Waals surface area (Å²) in [6, 6.07) is 3.76. The minimum atomic E-state index is -0.842. The zero-order valence-electron chi connectivity index (χ0n) is 10.5. The first-order valence-electron chi connectivity index (χ1n) is 7.07. The zero-order valence-corrected chi connectivity index (χ0v) is 10.5. The van der Waals surface area contributed by atoms with E-state index in [1.54, 1.807) is 6.07 Å². The van der Waals surface area contributed by atoms with Crippen molar-refractivity contribution in [1.82, 2.24) is 4.98 Å². The molecule has 2 N–H and O–H groups in total. The van der Waals surface area contributed by atoms with Crippen LogP contribution in [-0.2, 0) is 5.41 Å². The molecule has 1 aromatic heterocycles. The number of nitrogens with one attached hydrogen (secondary N) is 1. The molecule has 0 radical (unpaired) electrons. The van der Waals surface area contributed by atoms with E-state index in [2.05, 4.69) is 4.98 Å². The van der Waals surface area contributed by atoms with Crippen LogP contribution in [0.3, 0.4) is 0 Å². The van der Waals surface area contributed by atoms with Gasteiger partial charge in [-0.15, -0.1) is 0 Å². The van der Waals surface area contributed by atoms with E-state index in [0.717, 1.165) is 17.8 Å². The van der Waals surface area contributed by atoms with Gasteiger partial charge in [0.05, 0.1) is 0 Å². The minimum absolute atomic E-state index is 0.280. The van der Waals surface area contributed by atoms with E-state index in [9.17, 15) is 4.79 Å². The van der Waals surface area contributed by atoms with Gasteiger partial charge in [0.15, 0.2) is 0 Å². The van der Waals surface area contributed by atoms with Crippen LogP contribution in [0.15, 0.2) is 12.1 Å². The fourth-order valence-corrected chi connectivity index (χ4v) is 5.27. The molecule has 4 saturated carbocycles. The van der Waals surface area contributed by atoms with Gasteiger partial charge in [0.25, 0.3) is 0 Å². The first-order valence-corrected chi connectivity index (χ1v) is 7.07. The quantitative estimate of drug-likeness (QED) is 0.840. The van der Waals surface area contributed by atoms with Gasteiger partial charge in [0, 0.05) is 11.1 Å². The van der Waals surface area contributed by atoms with Crippen LogP contribution >= 0.6 is 0 Å². The Hall–Kier alpha value is -1.25. The van der Waals surface area contributed by atoms with E-state index < -0.39 is 5.97 Å². The summed E-state index contributed by atoms with van der Waals surface area (Å²) in [5, 5.41) is 9.05. The number of rotatable bonds is 2. The molecule has 4 fully saturated rings. The Morgan fingerprint density at radius 1 is 1.11 bits per heavy atom. The number of aromatic amines is 1. The van der Waals surface area contributed by atoms with Crippen LogP contribution in [0.5, 0.6) is 0 Å².